The van der Waals surface area contributed by atoms with E-state index in [0.717, 1.165) is 26.3 Å². The molecular weight excluding hydrogens is 154 g/mol. The minimum atomic E-state index is 0.351. The molecular formula is C9H17NO2. The predicted molar refractivity (Wildman–Crippen MR) is 46.0 cm³/mol. The van der Waals surface area contributed by atoms with Gasteiger partial charge in [-0.3, -0.25) is 4.90 Å². The molecule has 1 atom stereocenters. The molecule has 0 aromatic carbocycles. The van der Waals surface area contributed by atoms with Gasteiger partial charge < -0.3 is 9.84 Å². The van der Waals surface area contributed by atoms with E-state index in [9.17, 15) is 0 Å². The van der Waals surface area contributed by atoms with Gasteiger partial charge in [-0.05, 0) is 12.8 Å². The molecule has 2 aliphatic heterocycles. The van der Waals surface area contributed by atoms with E-state index < -0.39 is 0 Å². The van der Waals surface area contributed by atoms with Crippen LogP contribution < -0.4 is 0 Å². The van der Waals surface area contributed by atoms with E-state index in [1.165, 1.54) is 12.8 Å². The smallest absolute Gasteiger partial charge is 0.0621 e. The Bertz CT molecular complexity index is 139. The fourth-order valence-corrected chi connectivity index (χ4v) is 2.04. The van der Waals surface area contributed by atoms with Crippen LogP contribution >= 0.6 is 0 Å². The van der Waals surface area contributed by atoms with E-state index in [2.05, 4.69) is 4.90 Å². The van der Waals surface area contributed by atoms with E-state index in [-0.39, 0.29) is 0 Å². The van der Waals surface area contributed by atoms with Crippen LogP contribution in [0.5, 0.6) is 0 Å². The van der Waals surface area contributed by atoms with Crippen molar-refractivity contribution in [3.8, 4) is 0 Å². The Morgan fingerprint density at radius 2 is 2.25 bits per heavy atom. The summed E-state index contributed by atoms with van der Waals surface area (Å²) in [4.78, 5) is 2.43. The third-order valence-electron chi connectivity index (χ3n) is 2.90. The summed E-state index contributed by atoms with van der Waals surface area (Å²) in [7, 11) is 0. The van der Waals surface area contributed by atoms with Crippen LogP contribution in [-0.4, -0.2) is 49.0 Å². The number of hydrogen-bond acceptors (Lipinski definition) is 3. The first-order chi connectivity index (χ1) is 5.90. The van der Waals surface area contributed by atoms with Crippen molar-refractivity contribution in [2.24, 2.45) is 5.92 Å². The summed E-state index contributed by atoms with van der Waals surface area (Å²) in [5, 5.41) is 8.84. The molecule has 0 aromatic heterocycles. The molecule has 12 heavy (non-hydrogen) atoms. The summed E-state index contributed by atoms with van der Waals surface area (Å²) in [5.41, 5.74) is 0. The Hall–Kier alpha value is -0.120. The molecule has 3 heteroatoms. The molecule has 2 saturated heterocycles. The van der Waals surface area contributed by atoms with Gasteiger partial charge in [0.25, 0.3) is 0 Å². The lowest BCUT2D eigenvalue weighted by Crippen LogP contribution is -2.55. The van der Waals surface area contributed by atoms with Gasteiger partial charge in [-0.25, -0.2) is 0 Å². The Kier molecular flexibility index (Phi) is 2.63. The lowest BCUT2D eigenvalue weighted by Gasteiger charge is -2.44. The second-order valence-corrected chi connectivity index (χ2v) is 3.87. The topological polar surface area (TPSA) is 32.7 Å². The molecule has 2 heterocycles. The fraction of sp³-hybridized carbons (Fsp3) is 1.00. The largest absolute Gasteiger partial charge is 0.396 e. The lowest BCUT2D eigenvalue weighted by atomic mass is 9.96. The van der Waals surface area contributed by atoms with Crippen LogP contribution in [0.3, 0.4) is 0 Å². The standard InChI is InChI=1S/C9H17NO2/c11-6-8-4-10(5-8)9-2-1-3-12-7-9/h8-9,11H,1-7H2. The van der Waals surface area contributed by atoms with Gasteiger partial charge in [0.2, 0.25) is 0 Å². The maximum Gasteiger partial charge on any atom is 0.0621 e. The summed E-state index contributed by atoms with van der Waals surface area (Å²) in [6.07, 6.45) is 2.48. The molecule has 0 bridgehead atoms. The van der Waals surface area contributed by atoms with Crippen molar-refractivity contribution >= 4 is 0 Å². The van der Waals surface area contributed by atoms with E-state index >= 15 is 0 Å². The zero-order valence-corrected chi connectivity index (χ0v) is 7.41. The number of aliphatic hydroxyl groups is 1. The molecule has 0 aliphatic carbocycles. The third-order valence-corrected chi connectivity index (χ3v) is 2.90. The van der Waals surface area contributed by atoms with Gasteiger partial charge in [0.1, 0.15) is 0 Å². The van der Waals surface area contributed by atoms with Crippen LogP contribution in [0.2, 0.25) is 0 Å². The minimum Gasteiger partial charge on any atom is -0.396 e. The Labute approximate surface area is 73.3 Å². The Balaban J connectivity index is 1.72. The van der Waals surface area contributed by atoms with E-state index in [4.69, 9.17) is 9.84 Å². The van der Waals surface area contributed by atoms with E-state index in [1.54, 1.807) is 0 Å². The highest BCUT2D eigenvalue weighted by molar-refractivity contribution is 4.85. The SMILES string of the molecule is OCC1CN(C2CCCOC2)C1. The fourth-order valence-electron chi connectivity index (χ4n) is 2.04. The maximum atomic E-state index is 8.84. The molecule has 70 valence electrons. The molecule has 0 aromatic rings. The van der Waals surface area contributed by atoms with Crippen LogP contribution in [0.25, 0.3) is 0 Å². The number of ether oxygens (including phenoxy) is 1. The van der Waals surface area contributed by atoms with Crippen molar-refractivity contribution < 1.29 is 9.84 Å². The summed E-state index contributed by atoms with van der Waals surface area (Å²) in [6, 6.07) is 0.640. The Morgan fingerprint density at radius 1 is 1.42 bits per heavy atom. The highest BCUT2D eigenvalue weighted by atomic mass is 16.5. The maximum absolute atomic E-state index is 8.84. The van der Waals surface area contributed by atoms with Gasteiger partial charge in [0.05, 0.1) is 6.61 Å². The average molecular weight is 171 g/mol. The number of rotatable bonds is 2. The molecule has 3 nitrogen and oxygen atoms in total. The third kappa shape index (κ3) is 1.63. The molecule has 0 saturated carbocycles. The molecule has 0 radical (unpaired) electrons. The minimum absolute atomic E-state index is 0.351. The zero-order valence-electron chi connectivity index (χ0n) is 7.41. The highest BCUT2D eigenvalue weighted by Crippen LogP contribution is 2.22. The number of likely N-dealkylation sites (tertiary alicyclic amines) is 1. The van der Waals surface area contributed by atoms with Crippen LogP contribution in [0.1, 0.15) is 12.8 Å². The van der Waals surface area contributed by atoms with Crippen LogP contribution in [0.15, 0.2) is 0 Å². The Morgan fingerprint density at radius 3 is 2.83 bits per heavy atom. The monoisotopic (exact) mass is 171 g/mol. The van der Waals surface area contributed by atoms with Crippen molar-refractivity contribution in [1.29, 1.82) is 0 Å². The second-order valence-electron chi connectivity index (χ2n) is 3.87. The molecule has 1 unspecified atom stereocenters. The van der Waals surface area contributed by atoms with E-state index in [0.29, 0.717) is 18.6 Å². The van der Waals surface area contributed by atoms with Crippen LogP contribution in [-0.2, 0) is 4.74 Å². The first-order valence-electron chi connectivity index (χ1n) is 4.83. The summed E-state index contributed by atoms with van der Waals surface area (Å²) in [5.74, 6) is 0.534. The van der Waals surface area contributed by atoms with Gasteiger partial charge >= 0.3 is 0 Å². The summed E-state index contributed by atoms with van der Waals surface area (Å²) >= 11 is 0. The quantitative estimate of drug-likeness (QED) is 0.639. The normalized spacial score (nSPS) is 33.2. The molecule has 1 N–H and O–H groups in total. The van der Waals surface area contributed by atoms with Gasteiger partial charge in [0, 0.05) is 38.3 Å². The molecule has 2 aliphatic rings. The van der Waals surface area contributed by atoms with Crippen molar-refractivity contribution in [2.45, 2.75) is 18.9 Å². The first kappa shape index (κ1) is 8.48. The van der Waals surface area contributed by atoms with Gasteiger partial charge in [-0.1, -0.05) is 0 Å². The van der Waals surface area contributed by atoms with Crippen molar-refractivity contribution in [3.05, 3.63) is 0 Å². The number of nitrogens with zero attached hydrogens (tertiary/aromatic N) is 1. The van der Waals surface area contributed by atoms with Gasteiger partial charge in [-0.15, -0.1) is 0 Å². The van der Waals surface area contributed by atoms with Crippen molar-refractivity contribution in [3.63, 3.8) is 0 Å². The zero-order chi connectivity index (χ0) is 8.39. The molecule has 2 fully saturated rings. The average Bonchev–Trinajstić information content (AvgIpc) is 2.04. The number of aliphatic hydroxyl groups excluding tert-OH is 1. The van der Waals surface area contributed by atoms with Crippen molar-refractivity contribution in [2.75, 3.05) is 32.9 Å². The van der Waals surface area contributed by atoms with Crippen LogP contribution in [0.4, 0.5) is 0 Å². The summed E-state index contributed by atoms with van der Waals surface area (Å²) < 4.78 is 5.40. The predicted octanol–water partition coefficient (Wildman–Crippen LogP) is 0.0895. The first-order valence-corrected chi connectivity index (χ1v) is 4.83. The molecule has 0 spiro atoms. The highest BCUT2D eigenvalue weighted by Gasteiger charge is 2.32. The van der Waals surface area contributed by atoms with Gasteiger partial charge in [-0.2, -0.15) is 0 Å². The van der Waals surface area contributed by atoms with E-state index in [1.807, 2.05) is 0 Å². The van der Waals surface area contributed by atoms with Crippen molar-refractivity contribution in [1.82, 2.24) is 4.90 Å². The second kappa shape index (κ2) is 3.73. The molecule has 2 rings (SSSR count). The number of hydrogen-bond donors (Lipinski definition) is 1. The van der Waals surface area contributed by atoms with Gasteiger partial charge in [0.15, 0.2) is 0 Å². The molecule has 0 amide bonds. The summed E-state index contributed by atoms with van der Waals surface area (Å²) in [6.45, 7) is 4.34. The van der Waals surface area contributed by atoms with Crippen LogP contribution in [0, 0.1) is 5.92 Å². The lowest BCUT2D eigenvalue weighted by molar-refractivity contribution is -0.0422.